The fourth-order valence-electron chi connectivity index (χ4n) is 2.50. The SMILES string of the molecule is Cc1cc(C(=O)N(Cc2ccccn2)c2nc3c(F)cccc3s2)no1. The summed E-state index contributed by atoms with van der Waals surface area (Å²) in [4.78, 5) is 23.0. The van der Waals surface area contributed by atoms with Crippen LogP contribution in [0.3, 0.4) is 0 Å². The summed E-state index contributed by atoms with van der Waals surface area (Å²) >= 11 is 1.24. The number of rotatable bonds is 4. The standard InChI is InChI=1S/C18H13FN4O2S/c1-11-9-14(22-25-11)17(24)23(10-12-5-2-3-8-20-12)18-21-16-13(19)6-4-7-15(16)26-18/h2-9H,10H2,1H3. The van der Waals surface area contributed by atoms with Crippen molar-refractivity contribution >= 4 is 32.6 Å². The Morgan fingerprint density at radius 1 is 1.27 bits per heavy atom. The lowest BCUT2D eigenvalue weighted by Crippen LogP contribution is -2.31. The fourth-order valence-corrected chi connectivity index (χ4v) is 3.48. The van der Waals surface area contributed by atoms with Crippen molar-refractivity contribution in [3.63, 3.8) is 0 Å². The third-order valence-electron chi connectivity index (χ3n) is 3.73. The number of para-hydroxylation sites is 1. The molecule has 6 nitrogen and oxygen atoms in total. The van der Waals surface area contributed by atoms with Crippen LogP contribution in [-0.2, 0) is 6.54 Å². The van der Waals surface area contributed by atoms with E-state index in [0.717, 1.165) is 0 Å². The molecule has 3 heterocycles. The maximum Gasteiger partial charge on any atom is 0.282 e. The van der Waals surface area contributed by atoms with Gasteiger partial charge in [0.05, 0.1) is 16.9 Å². The van der Waals surface area contributed by atoms with Crippen molar-refractivity contribution in [1.29, 1.82) is 0 Å². The normalized spacial score (nSPS) is 11.0. The number of aryl methyl sites for hydroxylation is 1. The van der Waals surface area contributed by atoms with Gasteiger partial charge in [-0.25, -0.2) is 9.37 Å². The lowest BCUT2D eigenvalue weighted by atomic mass is 10.3. The topological polar surface area (TPSA) is 72.1 Å². The number of nitrogens with zero attached hydrogens (tertiary/aromatic N) is 4. The van der Waals surface area contributed by atoms with Crippen molar-refractivity contribution in [2.75, 3.05) is 4.90 Å². The van der Waals surface area contributed by atoms with Crippen molar-refractivity contribution in [3.05, 3.63) is 71.6 Å². The molecular weight excluding hydrogens is 355 g/mol. The number of anilines is 1. The Balaban J connectivity index is 1.78. The van der Waals surface area contributed by atoms with Gasteiger partial charge in [0.15, 0.2) is 10.8 Å². The van der Waals surface area contributed by atoms with E-state index < -0.39 is 5.82 Å². The van der Waals surface area contributed by atoms with Gasteiger partial charge in [0.2, 0.25) is 0 Å². The average Bonchev–Trinajstić information content (AvgIpc) is 3.27. The minimum absolute atomic E-state index is 0.165. The van der Waals surface area contributed by atoms with E-state index in [2.05, 4.69) is 15.1 Å². The highest BCUT2D eigenvalue weighted by Gasteiger charge is 2.25. The number of halogens is 1. The van der Waals surface area contributed by atoms with Crippen molar-refractivity contribution in [2.24, 2.45) is 0 Å². The van der Waals surface area contributed by atoms with Gasteiger partial charge in [0.1, 0.15) is 17.1 Å². The van der Waals surface area contributed by atoms with Crippen LogP contribution in [0.5, 0.6) is 0 Å². The Hall–Kier alpha value is -3.13. The number of pyridine rings is 1. The third kappa shape index (κ3) is 3.06. The predicted molar refractivity (Wildman–Crippen MR) is 95.6 cm³/mol. The van der Waals surface area contributed by atoms with Gasteiger partial charge in [-0.05, 0) is 31.2 Å². The Kier molecular flexibility index (Phi) is 4.18. The van der Waals surface area contributed by atoms with E-state index in [-0.39, 0.29) is 23.7 Å². The molecule has 0 aliphatic rings. The van der Waals surface area contributed by atoms with Crippen LogP contribution in [0.15, 0.2) is 53.2 Å². The number of hydrogen-bond donors (Lipinski definition) is 0. The molecule has 1 aromatic carbocycles. The van der Waals surface area contributed by atoms with Gasteiger partial charge in [0.25, 0.3) is 5.91 Å². The first-order valence-electron chi connectivity index (χ1n) is 7.82. The first kappa shape index (κ1) is 16.3. The Labute approximate surface area is 151 Å². The van der Waals surface area contributed by atoms with Gasteiger partial charge in [-0.1, -0.05) is 28.6 Å². The van der Waals surface area contributed by atoms with Gasteiger partial charge in [0, 0.05) is 12.3 Å². The number of thiazole rings is 1. The van der Waals surface area contributed by atoms with Crippen LogP contribution in [-0.4, -0.2) is 21.0 Å². The summed E-state index contributed by atoms with van der Waals surface area (Å²) in [6, 6.07) is 11.7. The second kappa shape index (κ2) is 6.64. The molecule has 0 aliphatic heterocycles. The third-order valence-corrected chi connectivity index (χ3v) is 4.77. The van der Waals surface area contributed by atoms with Crippen molar-refractivity contribution in [3.8, 4) is 0 Å². The van der Waals surface area contributed by atoms with Gasteiger partial charge >= 0.3 is 0 Å². The second-order valence-electron chi connectivity index (χ2n) is 5.62. The molecule has 26 heavy (non-hydrogen) atoms. The molecule has 0 aliphatic carbocycles. The number of aromatic nitrogens is 3. The molecule has 4 rings (SSSR count). The summed E-state index contributed by atoms with van der Waals surface area (Å²) in [7, 11) is 0. The molecule has 0 N–H and O–H groups in total. The highest BCUT2D eigenvalue weighted by Crippen LogP contribution is 2.31. The average molecular weight is 368 g/mol. The maximum absolute atomic E-state index is 14.0. The number of amides is 1. The molecule has 3 aromatic heterocycles. The minimum atomic E-state index is -0.424. The largest absolute Gasteiger partial charge is 0.361 e. The molecule has 8 heteroatoms. The van der Waals surface area contributed by atoms with E-state index in [1.807, 2.05) is 12.1 Å². The lowest BCUT2D eigenvalue weighted by molar-refractivity contribution is 0.0976. The monoisotopic (exact) mass is 368 g/mol. The van der Waals surface area contributed by atoms with Crippen LogP contribution >= 0.6 is 11.3 Å². The Morgan fingerprint density at radius 2 is 2.15 bits per heavy atom. The number of benzene rings is 1. The van der Waals surface area contributed by atoms with Crippen molar-refractivity contribution < 1.29 is 13.7 Å². The Morgan fingerprint density at radius 3 is 2.85 bits per heavy atom. The molecule has 0 fully saturated rings. The zero-order valence-corrected chi connectivity index (χ0v) is 14.5. The fraction of sp³-hybridized carbons (Fsp3) is 0.111. The summed E-state index contributed by atoms with van der Waals surface area (Å²) in [6.07, 6.45) is 1.65. The summed E-state index contributed by atoms with van der Waals surface area (Å²) < 4.78 is 19.7. The number of carbonyl (C=O) groups excluding carboxylic acids is 1. The smallest absolute Gasteiger partial charge is 0.282 e. The molecular formula is C18H13FN4O2S. The molecule has 1 amide bonds. The highest BCUT2D eigenvalue weighted by atomic mass is 32.1. The first-order valence-corrected chi connectivity index (χ1v) is 8.63. The van der Waals surface area contributed by atoms with Crippen LogP contribution < -0.4 is 4.90 Å². The van der Waals surface area contributed by atoms with Crippen LogP contribution in [0.4, 0.5) is 9.52 Å². The number of carbonyl (C=O) groups is 1. The van der Waals surface area contributed by atoms with E-state index in [4.69, 9.17) is 4.52 Å². The van der Waals surface area contributed by atoms with E-state index >= 15 is 0 Å². The quantitative estimate of drug-likeness (QED) is 0.545. The summed E-state index contributed by atoms with van der Waals surface area (Å²) in [5.74, 6) is -0.277. The van der Waals surface area contributed by atoms with E-state index in [1.54, 1.807) is 37.4 Å². The zero-order valence-electron chi connectivity index (χ0n) is 13.7. The number of hydrogen-bond acceptors (Lipinski definition) is 6. The zero-order chi connectivity index (χ0) is 18.1. The second-order valence-corrected chi connectivity index (χ2v) is 6.63. The van der Waals surface area contributed by atoms with Crippen LogP contribution in [0.1, 0.15) is 21.9 Å². The van der Waals surface area contributed by atoms with Gasteiger partial charge in [-0.15, -0.1) is 0 Å². The van der Waals surface area contributed by atoms with E-state index in [0.29, 0.717) is 21.3 Å². The molecule has 4 aromatic rings. The molecule has 130 valence electrons. The molecule has 0 atom stereocenters. The van der Waals surface area contributed by atoms with Crippen LogP contribution in [0.25, 0.3) is 10.2 Å². The highest BCUT2D eigenvalue weighted by molar-refractivity contribution is 7.22. The molecule has 0 saturated heterocycles. The van der Waals surface area contributed by atoms with Gasteiger partial charge in [-0.2, -0.15) is 0 Å². The van der Waals surface area contributed by atoms with Gasteiger partial charge < -0.3 is 4.52 Å². The Bertz CT molecular complexity index is 1080. The predicted octanol–water partition coefficient (Wildman–Crippen LogP) is 3.97. The maximum atomic E-state index is 14.0. The first-order chi connectivity index (χ1) is 12.6. The molecule has 0 spiro atoms. The van der Waals surface area contributed by atoms with Crippen molar-refractivity contribution in [2.45, 2.75) is 13.5 Å². The molecule has 0 bridgehead atoms. The summed E-state index contributed by atoms with van der Waals surface area (Å²) in [5.41, 5.74) is 1.08. The number of fused-ring (bicyclic) bond motifs is 1. The van der Waals surface area contributed by atoms with Crippen LogP contribution in [0, 0.1) is 12.7 Å². The molecule has 0 radical (unpaired) electrons. The summed E-state index contributed by atoms with van der Waals surface area (Å²) in [5, 5.41) is 4.17. The van der Waals surface area contributed by atoms with Crippen molar-refractivity contribution in [1.82, 2.24) is 15.1 Å². The molecule has 0 unspecified atom stereocenters. The molecule has 0 saturated carbocycles. The summed E-state index contributed by atoms with van der Waals surface area (Å²) in [6.45, 7) is 1.90. The minimum Gasteiger partial charge on any atom is -0.361 e. The van der Waals surface area contributed by atoms with E-state index in [1.165, 1.54) is 22.3 Å². The van der Waals surface area contributed by atoms with Crippen LogP contribution in [0.2, 0.25) is 0 Å². The van der Waals surface area contributed by atoms with E-state index in [9.17, 15) is 9.18 Å². The lowest BCUT2D eigenvalue weighted by Gasteiger charge is -2.18. The van der Waals surface area contributed by atoms with Gasteiger partial charge in [-0.3, -0.25) is 14.7 Å².